The molecule has 0 unspecified atom stereocenters. The number of aldehydes is 1. The third kappa shape index (κ3) is 2.10. The van der Waals surface area contributed by atoms with Crippen LogP contribution in [0.25, 0.3) is 6.08 Å². The summed E-state index contributed by atoms with van der Waals surface area (Å²) in [5.74, 6) is 2.27. The zero-order chi connectivity index (χ0) is 13.4. The van der Waals surface area contributed by atoms with Crippen LogP contribution in [-0.2, 0) is 4.79 Å². The standard InChI is InChI=1S/C15H13BrO3/c1-18-14-6-11-5-9-3-2-4-10(8-17)15(9)19-13(11)7-12(14)16/h5-8H,2-4H2,1H3. The lowest BCUT2D eigenvalue weighted by Crippen LogP contribution is -2.13. The number of benzene rings is 1. The van der Waals surface area contributed by atoms with E-state index in [1.54, 1.807) is 7.11 Å². The van der Waals surface area contributed by atoms with Gasteiger partial charge in [0.2, 0.25) is 0 Å². The van der Waals surface area contributed by atoms with E-state index in [0.717, 1.165) is 64.0 Å². The Balaban J connectivity index is 2.14. The predicted octanol–water partition coefficient (Wildman–Crippen LogP) is 3.87. The molecule has 0 saturated carbocycles. The first kappa shape index (κ1) is 12.5. The molecule has 1 aromatic rings. The van der Waals surface area contributed by atoms with Crippen molar-refractivity contribution in [3.63, 3.8) is 0 Å². The number of carbonyl (C=O) groups excluding carboxylic acids is 1. The summed E-state index contributed by atoms with van der Waals surface area (Å²) >= 11 is 3.44. The topological polar surface area (TPSA) is 35.5 Å². The molecule has 0 amide bonds. The lowest BCUT2D eigenvalue weighted by molar-refractivity contribution is -0.105. The second kappa shape index (κ2) is 4.85. The number of carbonyl (C=O) groups is 1. The van der Waals surface area contributed by atoms with Crippen molar-refractivity contribution in [3.8, 4) is 11.5 Å². The molecule has 4 heteroatoms. The summed E-state index contributed by atoms with van der Waals surface area (Å²) in [6.07, 6.45) is 5.74. The van der Waals surface area contributed by atoms with Gasteiger partial charge in [-0.2, -0.15) is 0 Å². The largest absolute Gasteiger partial charge is 0.496 e. The minimum Gasteiger partial charge on any atom is -0.496 e. The van der Waals surface area contributed by atoms with Crippen molar-refractivity contribution in [2.75, 3.05) is 7.11 Å². The normalized spacial score (nSPS) is 17.1. The quantitative estimate of drug-likeness (QED) is 0.776. The van der Waals surface area contributed by atoms with Crippen molar-refractivity contribution in [2.45, 2.75) is 19.3 Å². The highest BCUT2D eigenvalue weighted by Gasteiger charge is 2.24. The molecule has 0 bridgehead atoms. The van der Waals surface area contributed by atoms with Crippen LogP contribution in [0, 0.1) is 0 Å². The molecule has 1 aliphatic heterocycles. The van der Waals surface area contributed by atoms with Crippen molar-refractivity contribution in [1.82, 2.24) is 0 Å². The maximum atomic E-state index is 11.1. The monoisotopic (exact) mass is 320 g/mol. The predicted molar refractivity (Wildman–Crippen MR) is 76.2 cm³/mol. The van der Waals surface area contributed by atoms with Gasteiger partial charge in [0.05, 0.1) is 11.6 Å². The van der Waals surface area contributed by atoms with Crippen LogP contribution in [0.5, 0.6) is 11.5 Å². The average Bonchev–Trinajstić information content (AvgIpc) is 2.43. The first-order valence-electron chi connectivity index (χ1n) is 6.17. The van der Waals surface area contributed by atoms with Gasteiger partial charge in [0, 0.05) is 11.1 Å². The molecule has 98 valence electrons. The second-order valence-electron chi connectivity index (χ2n) is 4.62. The number of hydrogen-bond donors (Lipinski definition) is 0. The van der Waals surface area contributed by atoms with Crippen LogP contribution in [-0.4, -0.2) is 13.4 Å². The van der Waals surface area contributed by atoms with Gasteiger partial charge in [-0.05, 0) is 59.0 Å². The van der Waals surface area contributed by atoms with Crippen LogP contribution in [0.4, 0.5) is 0 Å². The van der Waals surface area contributed by atoms with E-state index in [-0.39, 0.29) is 0 Å². The van der Waals surface area contributed by atoms with E-state index in [4.69, 9.17) is 9.47 Å². The molecule has 0 fully saturated rings. The van der Waals surface area contributed by atoms with Crippen molar-refractivity contribution in [2.24, 2.45) is 0 Å². The summed E-state index contributed by atoms with van der Waals surface area (Å²) in [6, 6.07) is 3.82. The van der Waals surface area contributed by atoms with Gasteiger partial charge < -0.3 is 9.47 Å². The Hall–Kier alpha value is -1.55. The van der Waals surface area contributed by atoms with Crippen LogP contribution >= 0.6 is 15.9 Å². The SMILES string of the molecule is COc1cc2c(cc1Br)OC1=C(C=O)CCCC1=C2. The molecular weight excluding hydrogens is 308 g/mol. The van der Waals surface area contributed by atoms with Gasteiger partial charge in [0.25, 0.3) is 0 Å². The van der Waals surface area contributed by atoms with Gasteiger partial charge in [-0.3, -0.25) is 4.79 Å². The number of methoxy groups -OCH3 is 1. The fourth-order valence-electron chi connectivity index (χ4n) is 2.49. The highest BCUT2D eigenvalue weighted by atomic mass is 79.9. The van der Waals surface area contributed by atoms with Crippen molar-refractivity contribution in [1.29, 1.82) is 0 Å². The van der Waals surface area contributed by atoms with Gasteiger partial charge in [0.1, 0.15) is 23.5 Å². The van der Waals surface area contributed by atoms with Crippen LogP contribution in [0.3, 0.4) is 0 Å². The number of ether oxygens (including phenoxy) is 2. The molecule has 1 aromatic carbocycles. The van der Waals surface area contributed by atoms with Gasteiger partial charge >= 0.3 is 0 Å². The molecule has 0 atom stereocenters. The van der Waals surface area contributed by atoms with Crippen molar-refractivity contribution >= 4 is 28.3 Å². The Morgan fingerprint density at radius 1 is 1.37 bits per heavy atom. The molecule has 1 heterocycles. The van der Waals surface area contributed by atoms with E-state index in [1.165, 1.54) is 0 Å². The number of hydrogen-bond acceptors (Lipinski definition) is 3. The number of rotatable bonds is 2. The zero-order valence-corrected chi connectivity index (χ0v) is 12.1. The first-order valence-corrected chi connectivity index (χ1v) is 6.97. The smallest absolute Gasteiger partial charge is 0.149 e. The number of fused-ring (bicyclic) bond motifs is 2. The summed E-state index contributed by atoms with van der Waals surface area (Å²) in [5, 5.41) is 0. The van der Waals surface area contributed by atoms with Crippen LogP contribution in [0.2, 0.25) is 0 Å². The Bertz CT molecular complexity index is 614. The highest BCUT2D eigenvalue weighted by molar-refractivity contribution is 9.10. The van der Waals surface area contributed by atoms with Gasteiger partial charge in [0.15, 0.2) is 0 Å². The third-order valence-electron chi connectivity index (χ3n) is 3.44. The molecule has 2 aliphatic rings. The van der Waals surface area contributed by atoms with E-state index in [0.29, 0.717) is 0 Å². The van der Waals surface area contributed by atoms with Crippen LogP contribution < -0.4 is 9.47 Å². The minimum atomic E-state index is 0.741. The van der Waals surface area contributed by atoms with Gasteiger partial charge in [-0.1, -0.05) is 0 Å². The highest BCUT2D eigenvalue weighted by Crippen LogP contribution is 2.42. The Labute approximate surface area is 120 Å². The lowest BCUT2D eigenvalue weighted by atomic mass is 9.91. The number of halogens is 1. The average molecular weight is 321 g/mol. The molecule has 0 N–H and O–H groups in total. The van der Waals surface area contributed by atoms with E-state index in [2.05, 4.69) is 22.0 Å². The first-order chi connectivity index (χ1) is 9.22. The molecule has 3 nitrogen and oxygen atoms in total. The summed E-state index contributed by atoms with van der Waals surface area (Å²) in [6.45, 7) is 0. The van der Waals surface area contributed by atoms with Gasteiger partial charge in [-0.25, -0.2) is 0 Å². The lowest BCUT2D eigenvalue weighted by Gasteiger charge is -2.26. The third-order valence-corrected chi connectivity index (χ3v) is 4.06. The van der Waals surface area contributed by atoms with E-state index in [1.807, 2.05) is 12.1 Å². The maximum Gasteiger partial charge on any atom is 0.149 e. The molecule has 19 heavy (non-hydrogen) atoms. The minimum absolute atomic E-state index is 0.741. The van der Waals surface area contributed by atoms with Crippen molar-refractivity contribution < 1.29 is 14.3 Å². The van der Waals surface area contributed by atoms with Crippen LogP contribution in [0.1, 0.15) is 24.8 Å². The van der Waals surface area contributed by atoms with Crippen LogP contribution in [0.15, 0.2) is 33.5 Å². The van der Waals surface area contributed by atoms with Gasteiger partial charge in [-0.15, -0.1) is 0 Å². The molecule has 0 spiro atoms. The molecular formula is C15H13BrO3. The Morgan fingerprint density at radius 2 is 2.21 bits per heavy atom. The summed E-state index contributed by atoms with van der Waals surface area (Å²) in [7, 11) is 1.64. The summed E-state index contributed by atoms with van der Waals surface area (Å²) in [4.78, 5) is 11.1. The molecule has 0 aromatic heterocycles. The van der Waals surface area contributed by atoms with E-state index in [9.17, 15) is 4.79 Å². The molecule has 3 rings (SSSR count). The summed E-state index contributed by atoms with van der Waals surface area (Å²) < 4.78 is 12.0. The second-order valence-corrected chi connectivity index (χ2v) is 5.48. The fourth-order valence-corrected chi connectivity index (χ4v) is 2.97. The Morgan fingerprint density at radius 3 is 2.95 bits per heavy atom. The molecule has 0 radical (unpaired) electrons. The Kier molecular flexibility index (Phi) is 3.19. The molecule has 1 aliphatic carbocycles. The molecule has 0 saturated heterocycles. The number of allylic oxidation sites excluding steroid dienone is 2. The van der Waals surface area contributed by atoms with E-state index < -0.39 is 0 Å². The summed E-state index contributed by atoms with van der Waals surface area (Å²) in [5.41, 5.74) is 2.85. The maximum absolute atomic E-state index is 11.1. The van der Waals surface area contributed by atoms with Crippen molar-refractivity contribution in [3.05, 3.63) is 39.1 Å². The zero-order valence-electron chi connectivity index (χ0n) is 10.5. The fraction of sp³-hybridized carbons (Fsp3) is 0.267. The van der Waals surface area contributed by atoms with E-state index >= 15 is 0 Å².